The molecule has 2 rings (SSSR count). The van der Waals surface area contributed by atoms with E-state index >= 15 is 0 Å². The number of carbonyl (C=O) groups is 1. The zero-order valence-corrected chi connectivity index (χ0v) is 11.6. The fourth-order valence-corrected chi connectivity index (χ4v) is 2.56. The summed E-state index contributed by atoms with van der Waals surface area (Å²) in [6.07, 6.45) is 0.724. The Morgan fingerprint density at radius 3 is 2.83 bits per heavy atom. The Morgan fingerprint density at radius 2 is 2.22 bits per heavy atom. The summed E-state index contributed by atoms with van der Waals surface area (Å²) < 4.78 is 0. The molecule has 2 aromatic heterocycles. The van der Waals surface area contributed by atoms with Gasteiger partial charge in [0.2, 0.25) is 0 Å². The molecule has 0 unspecified atom stereocenters. The maximum absolute atomic E-state index is 10.7. The highest BCUT2D eigenvalue weighted by atomic mass is 35.5. The molecule has 0 aromatic carbocycles. The predicted molar refractivity (Wildman–Crippen MR) is 73.6 cm³/mol. The molecule has 0 spiro atoms. The third-order valence-corrected chi connectivity index (χ3v) is 3.87. The predicted octanol–water partition coefficient (Wildman–Crippen LogP) is 2.95. The number of aldehydes is 1. The molecule has 0 saturated heterocycles. The van der Waals surface area contributed by atoms with Gasteiger partial charge in [0.1, 0.15) is 4.88 Å². The van der Waals surface area contributed by atoms with Gasteiger partial charge in [-0.1, -0.05) is 29.0 Å². The highest BCUT2D eigenvalue weighted by Crippen LogP contribution is 2.28. The molecule has 18 heavy (non-hydrogen) atoms. The summed E-state index contributed by atoms with van der Waals surface area (Å²) in [5, 5.41) is 0.972. The number of aromatic nitrogens is 2. The van der Waals surface area contributed by atoms with Crippen LogP contribution >= 0.6 is 22.9 Å². The van der Waals surface area contributed by atoms with Crippen molar-refractivity contribution >= 4 is 34.4 Å². The lowest BCUT2D eigenvalue weighted by atomic mass is 10.3. The van der Waals surface area contributed by atoms with Gasteiger partial charge in [-0.2, -0.15) is 0 Å². The molecule has 0 radical (unpaired) electrons. The molecule has 0 aliphatic rings. The summed E-state index contributed by atoms with van der Waals surface area (Å²) in [6, 6.07) is 5.88. The molecule has 0 aliphatic heterocycles. The van der Waals surface area contributed by atoms with E-state index in [0.717, 1.165) is 17.7 Å². The van der Waals surface area contributed by atoms with Crippen molar-refractivity contribution in [2.45, 2.75) is 13.5 Å². The van der Waals surface area contributed by atoms with Gasteiger partial charge in [-0.15, -0.1) is 0 Å². The van der Waals surface area contributed by atoms with Gasteiger partial charge in [-0.3, -0.25) is 9.78 Å². The molecule has 94 valence electrons. The van der Waals surface area contributed by atoms with Crippen molar-refractivity contribution in [1.29, 1.82) is 0 Å². The van der Waals surface area contributed by atoms with Crippen LogP contribution in [-0.4, -0.2) is 23.3 Å². The van der Waals surface area contributed by atoms with Crippen LogP contribution in [0.3, 0.4) is 0 Å². The van der Waals surface area contributed by atoms with Gasteiger partial charge in [0.15, 0.2) is 16.6 Å². The van der Waals surface area contributed by atoms with Crippen molar-refractivity contribution in [2.75, 3.05) is 11.9 Å². The molecule has 4 nitrogen and oxygen atoms in total. The third kappa shape index (κ3) is 2.86. The van der Waals surface area contributed by atoms with Crippen LogP contribution in [-0.2, 0) is 6.54 Å². The number of halogens is 1. The lowest BCUT2D eigenvalue weighted by Gasteiger charge is -2.15. The average molecular weight is 282 g/mol. The van der Waals surface area contributed by atoms with Gasteiger partial charge in [0, 0.05) is 12.7 Å². The van der Waals surface area contributed by atoms with Crippen molar-refractivity contribution in [2.24, 2.45) is 0 Å². The topological polar surface area (TPSA) is 46.1 Å². The van der Waals surface area contributed by atoms with E-state index in [2.05, 4.69) is 9.97 Å². The number of thiazole rings is 1. The van der Waals surface area contributed by atoms with Crippen LogP contribution in [0.25, 0.3) is 0 Å². The van der Waals surface area contributed by atoms with Crippen LogP contribution in [0.4, 0.5) is 5.13 Å². The van der Waals surface area contributed by atoms with Gasteiger partial charge < -0.3 is 4.90 Å². The first-order valence-electron chi connectivity index (χ1n) is 5.35. The molecule has 0 bridgehead atoms. The summed E-state index contributed by atoms with van der Waals surface area (Å²) in [5.41, 5.74) is 1.93. The first-order valence-corrected chi connectivity index (χ1v) is 6.55. The Bertz CT molecular complexity index is 570. The minimum Gasteiger partial charge on any atom is -0.345 e. The number of pyridine rings is 1. The smallest absolute Gasteiger partial charge is 0.187 e. The zero-order valence-electron chi connectivity index (χ0n) is 10.1. The van der Waals surface area contributed by atoms with Crippen molar-refractivity contribution in [3.63, 3.8) is 0 Å². The number of anilines is 1. The van der Waals surface area contributed by atoms with Crippen LogP contribution in [0.2, 0.25) is 5.15 Å². The van der Waals surface area contributed by atoms with E-state index in [0.29, 0.717) is 16.6 Å². The first-order chi connectivity index (χ1) is 8.60. The number of carbonyl (C=O) groups excluding carboxylic acids is 1. The largest absolute Gasteiger partial charge is 0.345 e. The van der Waals surface area contributed by atoms with Gasteiger partial charge in [0.25, 0.3) is 0 Å². The van der Waals surface area contributed by atoms with Crippen molar-refractivity contribution in [3.8, 4) is 0 Å². The van der Waals surface area contributed by atoms with Crippen LogP contribution in [0.15, 0.2) is 18.2 Å². The quantitative estimate of drug-likeness (QED) is 0.809. The second-order valence-corrected chi connectivity index (χ2v) is 5.26. The number of aryl methyl sites for hydroxylation is 1. The molecule has 0 saturated carbocycles. The van der Waals surface area contributed by atoms with E-state index in [9.17, 15) is 4.79 Å². The third-order valence-electron chi connectivity index (χ3n) is 2.38. The highest BCUT2D eigenvalue weighted by Gasteiger charge is 2.12. The summed E-state index contributed by atoms with van der Waals surface area (Å²) in [7, 11) is 1.90. The van der Waals surface area contributed by atoms with E-state index < -0.39 is 0 Å². The van der Waals surface area contributed by atoms with Gasteiger partial charge in [-0.05, 0) is 19.1 Å². The maximum atomic E-state index is 10.7. The number of hydrogen-bond donors (Lipinski definition) is 0. The SMILES string of the molecule is Cc1cccc(CN(C)c2nc(Cl)c(C=O)s2)n1. The summed E-state index contributed by atoms with van der Waals surface area (Å²) in [6.45, 7) is 2.58. The molecular weight excluding hydrogens is 270 g/mol. The summed E-state index contributed by atoms with van der Waals surface area (Å²) >= 11 is 7.12. The minimum atomic E-state index is 0.258. The van der Waals surface area contributed by atoms with E-state index in [1.54, 1.807) is 0 Å². The first kappa shape index (κ1) is 13.0. The minimum absolute atomic E-state index is 0.258. The molecule has 0 N–H and O–H groups in total. The summed E-state index contributed by atoms with van der Waals surface area (Å²) in [5.74, 6) is 0. The number of nitrogens with zero attached hydrogens (tertiary/aromatic N) is 3. The van der Waals surface area contributed by atoms with Crippen molar-refractivity contribution in [3.05, 3.63) is 39.6 Å². The van der Waals surface area contributed by atoms with E-state index in [1.165, 1.54) is 11.3 Å². The monoisotopic (exact) mass is 281 g/mol. The fourth-order valence-electron chi connectivity index (χ4n) is 1.54. The van der Waals surface area contributed by atoms with Crippen LogP contribution in [0.1, 0.15) is 21.1 Å². The molecule has 0 atom stereocenters. The van der Waals surface area contributed by atoms with Crippen LogP contribution in [0.5, 0.6) is 0 Å². The second kappa shape index (κ2) is 5.46. The Morgan fingerprint density at radius 1 is 1.44 bits per heavy atom. The molecule has 2 heterocycles. The van der Waals surface area contributed by atoms with E-state index in [-0.39, 0.29) is 5.15 Å². The van der Waals surface area contributed by atoms with Crippen LogP contribution in [0, 0.1) is 6.92 Å². The molecule has 6 heteroatoms. The standard InChI is InChI=1S/C12H12ClN3OS/c1-8-4-3-5-9(14-8)6-16(2)12-15-11(13)10(7-17)18-12/h3-5,7H,6H2,1-2H3. The van der Waals surface area contributed by atoms with Gasteiger partial charge in [0.05, 0.1) is 12.2 Å². The normalized spacial score (nSPS) is 10.4. The number of hydrogen-bond acceptors (Lipinski definition) is 5. The van der Waals surface area contributed by atoms with Crippen molar-refractivity contribution < 1.29 is 4.79 Å². The van der Waals surface area contributed by atoms with Gasteiger partial charge in [-0.25, -0.2) is 4.98 Å². The van der Waals surface area contributed by atoms with Gasteiger partial charge >= 0.3 is 0 Å². The Kier molecular flexibility index (Phi) is 3.93. The fraction of sp³-hybridized carbons (Fsp3) is 0.250. The van der Waals surface area contributed by atoms with E-state index in [1.807, 2.05) is 37.1 Å². The molecule has 2 aromatic rings. The lowest BCUT2D eigenvalue weighted by Crippen LogP contribution is -2.17. The Hall–Kier alpha value is -1.46. The molecule has 0 aliphatic carbocycles. The van der Waals surface area contributed by atoms with Crippen molar-refractivity contribution in [1.82, 2.24) is 9.97 Å². The Labute approximate surface area is 114 Å². The molecular formula is C12H12ClN3OS. The van der Waals surface area contributed by atoms with E-state index in [4.69, 9.17) is 11.6 Å². The second-order valence-electron chi connectivity index (χ2n) is 3.90. The lowest BCUT2D eigenvalue weighted by molar-refractivity contribution is 0.112. The van der Waals surface area contributed by atoms with Crippen LogP contribution < -0.4 is 4.90 Å². The zero-order chi connectivity index (χ0) is 13.1. The maximum Gasteiger partial charge on any atom is 0.187 e. The Balaban J connectivity index is 2.16. The summed E-state index contributed by atoms with van der Waals surface area (Å²) in [4.78, 5) is 21.7. The average Bonchev–Trinajstić information content (AvgIpc) is 2.70. The highest BCUT2D eigenvalue weighted by molar-refractivity contribution is 7.17. The molecule has 0 fully saturated rings. The molecule has 0 amide bonds. The number of rotatable bonds is 4.